The zero-order valence-electron chi connectivity index (χ0n) is 47.8. The van der Waals surface area contributed by atoms with Gasteiger partial charge in [0, 0.05) is 26.2 Å². The summed E-state index contributed by atoms with van der Waals surface area (Å²) < 4.78 is 0. The van der Waals surface area contributed by atoms with Gasteiger partial charge in [0.1, 0.15) is 0 Å². The fraction of sp³-hybridized carbons (Fsp3) is 0.815. The molecule has 0 fully saturated rings. The summed E-state index contributed by atoms with van der Waals surface area (Å²) in [6, 6.07) is 0. The summed E-state index contributed by atoms with van der Waals surface area (Å²) in [5.41, 5.74) is 11.9. The summed E-state index contributed by atoms with van der Waals surface area (Å²) in [6.45, 7) is 13.0. The van der Waals surface area contributed by atoms with Crippen LogP contribution in [-0.4, -0.2) is 84.6 Å². The van der Waals surface area contributed by atoms with Gasteiger partial charge < -0.3 is 31.5 Å². The van der Waals surface area contributed by atoms with E-state index in [1.54, 1.807) is 0 Å². The predicted molar refractivity (Wildman–Crippen MR) is 318 cm³/mol. The van der Waals surface area contributed by atoms with Crippen LogP contribution in [0.15, 0.2) is 72.9 Å². The van der Waals surface area contributed by atoms with Gasteiger partial charge in [-0.25, -0.2) is 0 Å². The van der Waals surface area contributed by atoms with Crippen LogP contribution in [0, 0.1) is 5.92 Å². The first-order valence-electron chi connectivity index (χ1n) is 31.1. The maximum atomic E-state index is 10.7. The Bertz CT molecular complexity index is 1140. The highest BCUT2D eigenvalue weighted by Gasteiger charge is 2.18. The van der Waals surface area contributed by atoms with E-state index in [2.05, 4.69) is 103 Å². The first-order chi connectivity index (χ1) is 35.0. The molecule has 3 atom stereocenters. The molecule has 0 amide bonds. The summed E-state index contributed by atoms with van der Waals surface area (Å²) in [5.74, 6) is 0.641. The number of aliphatic hydroxyl groups is 2. The largest absolute Gasteiger partial charge is 0.390 e. The van der Waals surface area contributed by atoms with Crippen molar-refractivity contribution in [3.63, 3.8) is 0 Å². The molecule has 0 saturated heterocycles. The van der Waals surface area contributed by atoms with Crippen molar-refractivity contribution in [1.29, 1.82) is 0 Å². The predicted octanol–water partition coefficient (Wildman–Crippen LogP) is 17.5. The van der Waals surface area contributed by atoms with Crippen molar-refractivity contribution in [1.82, 2.24) is 9.80 Å². The number of aliphatic hydroxyl groups excluding tert-OH is 2. The molecule has 416 valence electrons. The third-order valence-corrected chi connectivity index (χ3v) is 14.4. The Hall–Kier alpha value is -1.80. The summed E-state index contributed by atoms with van der Waals surface area (Å²) in [5, 5.41) is 21.4. The van der Waals surface area contributed by atoms with Gasteiger partial charge in [-0.2, -0.15) is 0 Å². The molecule has 0 rings (SSSR count). The molecule has 6 nitrogen and oxygen atoms in total. The van der Waals surface area contributed by atoms with Crippen LogP contribution >= 0.6 is 0 Å². The van der Waals surface area contributed by atoms with Crippen LogP contribution in [0.5, 0.6) is 0 Å². The van der Waals surface area contributed by atoms with E-state index in [4.69, 9.17) is 11.5 Å². The molecular weight excluding hydrogens is 869 g/mol. The second-order valence-electron chi connectivity index (χ2n) is 21.4. The van der Waals surface area contributed by atoms with Crippen LogP contribution in [0.1, 0.15) is 271 Å². The van der Waals surface area contributed by atoms with E-state index < -0.39 is 12.2 Å². The molecule has 0 aromatic carbocycles. The Labute approximate surface area is 444 Å². The summed E-state index contributed by atoms with van der Waals surface area (Å²) in [6.07, 6.45) is 76.6. The molecule has 6 heteroatoms. The molecule has 0 aliphatic heterocycles. The Kier molecular flexibility index (Phi) is 57.6. The summed E-state index contributed by atoms with van der Waals surface area (Å²) in [4.78, 5) is 5.04. The van der Waals surface area contributed by atoms with Gasteiger partial charge in [0.15, 0.2) is 0 Å². The molecule has 0 radical (unpaired) electrons. The second kappa shape index (κ2) is 59.1. The lowest BCUT2D eigenvalue weighted by Crippen LogP contribution is -2.39. The lowest BCUT2D eigenvalue weighted by molar-refractivity contribution is 0.104. The molecule has 0 heterocycles. The van der Waals surface area contributed by atoms with Gasteiger partial charge in [0.2, 0.25) is 0 Å². The molecular formula is C65H124N4O2. The highest BCUT2D eigenvalue weighted by Crippen LogP contribution is 2.22. The average molecular weight is 994 g/mol. The van der Waals surface area contributed by atoms with E-state index in [0.717, 1.165) is 58.3 Å². The van der Waals surface area contributed by atoms with Gasteiger partial charge in [-0.15, -0.1) is 0 Å². The molecule has 0 aromatic rings. The quantitative estimate of drug-likeness (QED) is 0.0358. The monoisotopic (exact) mass is 993 g/mol. The lowest BCUT2D eigenvalue weighted by Gasteiger charge is -2.29. The highest BCUT2D eigenvalue weighted by molar-refractivity contribution is 4.94. The molecule has 3 unspecified atom stereocenters. The maximum absolute atomic E-state index is 10.7. The fourth-order valence-corrected chi connectivity index (χ4v) is 9.57. The van der Waals surface area contributed by atoms with Crippen molar-refractivity contribution >= 4 is 0 Å². The van der Waals surface area contributed by atoms with E-state index >= 15 is 0 Å². The SMILES string of the molecule is CCCCCC=CC/C=C\CCCCCCCCC(CCN(CCCCCCCCC=CC/C=C\CCCCC)CC(O)CN)CCN(CCCCCCCC/C=C\CC=CCCCCC)CC(O)CN. The number of rotatable bonds is 57. The van der Waals surface area contributed by atoms with Crippen LogP contribution < -0.4 is 11.5 Å². The Morgan fingerprint density at radius 3 is 0.873 bits per heavy atom. The summed E-state index contributed by atoms with van der Waals surface area (Å²) >= 11 is 0. The van der Waals surface area contributed by atoms with Crippen molar-refractivity contribution in [3.8, 4) is 0 Å². The van der Waals surface area contributed by atoms with Crippen molar-refractivity contribution < 1.29 is 10.2 Å². The molecule has 6 N–H and O–H groups in total. The minimum absolute atomic E-state index is 0.323. The zero-order valence-corrected chi connectivity index (χ0v) is 47.8. The molecule has 0 saturated carbocycles. The zero-order chi connectivity index (χ0) is 51.6. The van der Waals surface area contributed by atoms with Crippen LogP contribution in [0.25, 0.3) is 0 Å². The Morgan fingerprint density at radius 2 is 0.577 bits per heavy atom. The van der Waals surface area contributed by atoms with Gasteiger partial charge >= 0.3 is 0 Å². The minimum atomic E-state index is -0.465. The molecule has 0 aromatic heterocycles. The molecule has 0 spiro atoms. The van der Waals surface area contributed by atoms with E-state index in [-0.39, 0.29) is 0 Å². The van der Waals surface area contributed by atoms with Gasteiger partial charge in [0.05, 0.1) is 12.2 Å². The number of nitrogens with zero attached hydrogens (tertiary/aromatic N) is 2. The van der Waals surface area contributed by atoms with E-state index in [1.807, 2.05) is 0 Å². The third kappa shape index (κ3) is 54.3. The van der Waals surface area contributed by atoms with Gasteiger partial charge in [-0.05, 0) is 154 Å². The topological polar surface area (TPSA) is 99.0 Å². The van der Waals surface area contributed by atoms with Gasteiger partial charge in [0.25, 0.3) is 0 Å². The number of hydrogen-bond acceptors (Lipinski definition) is 6. The van der Waals surface area contributed by atoms with Crippen molar-refractivity contribution in [2.45, 2.75) is 283 Å². The first kappa shape index (κ1) is 69.2. The molecule has 71 heavy (non-hydrogen) atoms. The summed E-state index contributed by atoms with van der Waals surface area (Å²) in [7, 11) is 0. The highest BCUT2D eigenvalue weighted by atomic mass is 16.3. The number of allylic oxidation sites excluding steroid dienone is 12. The molecule has 0 aliphatic rings. The van der Waals surface area contributed by atoms with E-state index in [0.29, 0.717) is 32.1 Å². The fourth-order valence-electron chi connectivity index (χ4n) is 9.57. The Balaban J connectivity index is 5.04. The number of unbranched alkanes of at least 4 members (excludes halogenated alkanes) is 27. The van der Waals surface area contributed by atoms with Crippen LogP contribution in [0.3, 0.4) is 0 Å². The van der Waals surface area contributed by atoms with Crippen molar-refractivity contribution in [3.05, 3.63) is 72.9 Å². The Morgan fingerprint density at radius 1 is 0.310 bits per heavy atom. The van der Waals surface area contributed by atoms with E-state index in [1.165, 1.54) is 218 Å². The normalized spacial score (nSPS) is 14.0. The van der Waals surface area contributed by atoms with Crippen molar-refractivity contribution in [2.24, 2.45) is 17.4 Å². The average Bonchev–Trinajstić information content (AvgIpc) is 3.38. The first-order valence-corrected chi connectivity index (χ1v) is 31.1. The van der Waals surface area contributed by atoms with Gasteiger partial charge in [-0.1, -0.05) is 222 Å². The minimum Gasteiger partial charge on any atom is -0.390 e. The van der Waals surface area contributed by atoms with E-state index in [9.17, 15) is 10.2 Å². The maximum Gasteiger partial charge on any atom is 0.0789 e. The smallest absolute Gasteiger partial charge is 0.0789 e. The third-order valence-electron chi connectivity index (χ3n) is 14.4. The molecule has 0 bridgehead atoms. The molecule has 0 aliphatic carbocycles. The lowest BCUT2D eigenvalue weighted by atomic mass is 9.93. The van der Waals surface area contributed by atoms with Crippen LogP contribution in [0.2, 0.25) is 0 Å². The number of hydrogen-bond donors (Lipinski definition) is 4. The standard InChI is InChI=1S/C65H124N4O2/c1-4-7-10-13-16-19-22-25-28-31-34-37-40-43-46-49-52-63(53-57-68(61-64(70)59-66)55-50-47-44-41-38-35-32-29-26-23-20-17-14-11-8-5-2)54-58-69(62-65(71)60-67)56-51-48-45-42-39-36-33-30-27-24-21-18-15-12-9-6-3/h16-21,25-30,63-65,70-71H,4-15,22-24,31-62,66-67H2,1-3H3/b19-16?,20-17-,21-18?,28-25-,29-26?,30-27-. The van der Waals surface area contributed by atoms with Crippen LogP contribution in [-0.2, 0) is 0 Å². The van der Waals surface area contributed by atoms with Crippen molar-refractivity contribution in [2.75, 3.05) is 52.4 Å². The second-order valence-corrected chi connectivity index (χ2v) is 21.4. The number of nitrogens with two attached hydrogens (primary N) is 2. The van der Waals surface area contributed by atoms with Gasteiger partial charge in [-0.3, -0.25) is 0 Å². The van der Waals surface area contributed by atoms with Crippen LogP contribution in [0.4, 0.5) is 0 Å².